The Morgan fingerprint density at radius 1 is 1.41 bits per heavy atom. The molecule has 122 valence electrons. The molecular weight excluding hydrogens is 300 g/mol. The third-order valence-corrected chi connectivity index (χ3v) is 6.17. The van der Waals surface area contributed by atoms with Gasteiger partial charge in [-0.2, -0.15) is 0 Å². The molecule has 5 nitrogen and oxygen atoms in total. The number of hydrogen-bond donors (Lipinski definition) is 1. The van der Waals surface area contributed by atoms with E-state index in [9.17, 15) is 13.2 Å². The van der Waals surface area contributed by atoms with Gasteiger partial charge in [-0.3, -0.25) is 4.79 Å². The van der Waals surface area contributed by atoms with Crippen molar-refractivity contribution in [3.8, 4) is 0 Å². The molecule has 0 saturated carbocycles. The zero-order valence-corrected chi connectivity index (χ0v) is 14.2. The van der Waals surface area contributed by atoms with Crippen LogP contribution in [0, 0.1) is 6.92 Å². The summed E-state index contributed by atoms with van der Waals surface area (Å²) in [6, 6.07) is 8.00. The lowest BCUT2D eigenvalue weighted by Gasteiger charge is -2.31. The number of rotatable bonds is 4. The quantitative estimate of drug-likeness (QED) is 0.912. The van der Waals surface area contributed by atoms with E-state index in [2.05, 4.69) is 4.72 Å². The molecule has 0 radical (unpaired) electrons. The summed E-state index contributed by atoms with van der Waals surface area (Å²) in [7, 11) is -1.83. The minimum absolute atomic E-state index is 0.0503. The largest absolute Gasteiger partial charge is 0.342 e. The van der Waals surface area contributed by atoms with Crippen LogP contribution in [0.3, 0.4) is 0 Å². The maximum atomic E-state index is 12.5. The molecule has 1 aromatic rings. The predicted molar refractivity (Wildman–Crippen MR) is 87.1 cm³/mol. The first-order valence-corrected chi connectivity index (χ1v) is 9.17. The van der Waals surface area contributed by atoms with Crippen LogP contribution in [0.4, 0.5) is 0 Å². The second-order valence-corrected chi connectivity index (χ2v) is 7.95. The number of carbonyl (C=O) groups excluding carboxylic acids is 1. The molecule has 6 heteroatoms. The minimum atomic E-state index is -3.52. The van der Waals surface area contributed by atoms with Gasteiger partial charge in [0.25, 0.3) is 0 Å². The number of likely N-dealkylation sites (N-methyl/N-ethyl adjacent to an activating group) is 1. The van der Waals surface area contributed by atoms with Crippen molar-refractivity contribution >= 4 is 15.9 Å². The molecule has 2 unspecified atom stereocenters. The lowest BCUT2D eigenvalue weighted by atomic mass is 10.0. The fraction of sp³-hybridized carbons (Fsp3) is 0.562. The highest BCUT2D eigenvalue weighted by molar-refractivity contribution is 7.90. The maximum absolute atomic E-state index is 12.5. The van der Waals surface area contributed by atoms with Crippen molar-refractivity contribution in [1.29, 1.82) is 0 Å². The lowest BCUT2D eigenvalue weighted by molar-refractivity contribution is -0.131. The molecule has 1 saturated heterocycles. The Labute approximate surface area is 132 Å². The molecule has 1 N–H and O–H groups in total. The second-order valence-electron chi connectivity index (χ2n) is 6.00. The lowest BCUT2D eigenvalue weighted by Crippen LogP contribution is -2.51. The molecule has 1 fully saturated rings. The van der Waals surface area contributed by atoms with Gasteiger partial charge in [0.15, 0.2) is 5.25 Å². The SMILES string of the molecule is Cc1ccccc1CC(C)N(C)C(=O)C1CCCNS1(=O)=O. The first-order valence-electron chi connectivity index (χ1n) is 7.62. The van der Waals surface area contributed by atoms with Gasteiger partial charge in [-0.05, 0) is 44.2 Å². The van der Waals surface area contributed by atoms with Gasteiger partial charge in [-0.1, -0.05) is 24.3 Å². The Balaban J connectivity index is 2.08. The number of sulfonamides is 1. The average Bonchev–Trinajstić information content (AvgIpc) is 2.47. The Kier molecular flexibility index (Phi) is 5.24. The van der Waals surface area contributed by atoms with Crippen molar-refractivity contribution < 1.29 is 13.2 Å². The van der Waals surface area contributed by atoms with Crippen molar-refractivity contribution in [2.45, 2.75) is 44.4 Å². The average molecular weight is 324 g/mol. The molecule has 1 aromatic carbocycles. The van der Waals surface area contributed by atoms with E-state index in [-0.39, 0.29) is 11.9 Å². The normalized spacial score (nSPS) is 22.0. The topological polar surface area (TPSA) is 66.5 Å². The van der Waals surface area contributed by atoms with Crippen molar-refractivity contribution in [1.82, 2.24) is 9.62 Å². The molecule has 1 heterocycles. The fourth-order valence-corrected chi connectivity index (χ4v) is 4.29. The summed E-state index contributed by atoms with van der Waals surface area (Å²) in [4.78, 5) is 14.1. The number of benzene rings is 1. The second kappa shape index (κ2) is 6.79. The zero-order chi connectivity index (χ0) is 16.3. The minimum Gasteiger partial charge on any atom is -0.342 e. The number of carbonyl (C=O) groups is 1. The van der Waals surface area contributed by atoms with Crippen LogP contribution >= 0.6 is 0 Å². The molecule has 0 aliphatic carbocycles. The van der Waals surface area contributed by atoms with E-state index in [0.717, 1.165) is 6.42 Å². The third-order valence-electron chi connectivity index (χ3n) is 4.38. The number of nitrogens with zero attached hydrogens (tertiary/aromatic N) is 1. The summed E-state index contributed by atoms with van der Waals surface area (Å²) < 4.78 is 26.5. The first-order chi connectivity index (χ1) is 10.3. The van der Waals surface area contributed by atoms with Crippen LogP contribution in [0.1, 0.15) is 30.9 Å². The molecular formula is C16H24N2O3S. The highest BCUT2D eigenvalue weighted by Gasteiger charge is 2.37. The van der Waals surface area contributed by atoms with Gasteiger partial charge >= 0.3 is 0 Å². The number of amides is 1. The van der Waals surface area contributed by atoms with Crippen molar-refractivity contribution in [3.05, 3.63) is 35.4 Å². The summed E-state index contributed by atoms with van der Waals surface area (Å²) >= 11 is 0. The fourth-order valence-electron chi connectivity index (χ4n) is 2.75. The van der Waals surface area contributed by atoms with E-state index in [0.29, 0.717) is 19.4 Å². The summed E-state index contributed by atoms with van der Waals surface area (Å²) in [6.45, 7) is 4.42. The molecule has 0 spiro atoms. The van der Waals surface area contributed by atoms with E-state index in [1.165, 1.54) is 11.1 Å². The van der Waals surface area contributed by atoms with Crippen LogP contribution in [-0.2, 0) is 21.2 Å². The van der Waals surface area contributed by atoms with Crippen molar-refractivity contribution in [3.63, 3.8) is 0 Å². The molecule has 22 heavy (non-hydrogen) atoms. The van der Waals surface area contributed by atoms with E-state index < -0.39 is 15.3 Å². The zero-order valence-electron chi connectivity index (χ0n) is 13.4. The van der Waals surface area contributed by atoms with Crippen LogP contribution in [0.5, 0.6) is 0 Å². The van der Waals surface area contributed by atoms with E-state index in [1.807, 2.05) is 38.1 Å². The standard InChI is InChI=1S/C16H24N2O3S/c1-12-7-4-5-8-14(12)11-13(2)18(3)16(19)15-9-6-10-17-22(15,20)21/h4-5,7-8,13,15,17H,6,9-11H2,1-3H3. The van der Waals surface area contributed by atoms with Gasteiger partial charge in [0.05, 0.1) is 0 Å². The van der Waals surface area contributed by atoms with Crippen LogP contribution in [0.2, 0.25) is 0 Å². The molecule has 2 atom stereocenters. The Hall–Kier alpha value is -1.40. The molecule has 2 rings (SSSR count). The van der Waals surface area contributed by atoms with Crippen LogP contribution in [0.15, 0.2) is 24.3 Å². The van der Waals surface area contributed by atoms with Gasteiger partial charge in [-0.25, -0.2) is 13.1 Å². The Morgan fingerprint density at radius 2 is 2.09 bits per heavy atom. The number of nitrogens with one attached hydrogen (secondary N) is 1. The van der Waals surface area contributed by atoms with Gasteiger partial charge in [-0.15, -0.1) is 0 Å². The van der Waals surface area contributed by atoms with Gasteiger partial charge in [0.1, 0.15) is 0 Å². The number of hydrogen-bond acceptors (Lipinski definition) is 3. The van der Waals surface area contributed by atoms with Gasteiger partial charge in [0, 0.05) is 19.6 Å². The van der Waals surface area contributed by atoms with Crippen LogP contribution < -0.4 is 4.72 Å². The summed E-state index contributed by atoms with van der Waals surface area (Å²) in [6.07, 6.45) is 1.82. The highest BCUT2D eigenvalue weighted by atomic mass is 32.2. The van der Waals surface area contributed by atoms with E-state index in [4.69, 9.17) is 0 Å². The van der Waals surface area contributed by atoms with Crippen molar-refractivity contribution in [2.75, 3.05) is 13.6 Å². The highest BCUT2D eigenvalue weighted by Crippen LogP contribution is 2.18. The summed E-state index contributed by atoms with van der Waals surface area (Å²) in [5, 5.41) is -0.953. The third kappa shape index (κ3) is 3.67. The first kappa shape index (κ1) is 17.0. The molecule has 1 aliphatic rings. The summed E-state index contributed by atoms with van der Waals surface area (Å²) in [5.41, 5.74) is 2.36. The molecule has 0 bridgehead atoms. The Bertz CT molecular complexity index is 643. The van der Waals surface area contributed by atoms with Crippen LogP contribution in [-0.4, -0.2) is 44.1 Å². The monoisotopic (exact) mass is 324 g/mol. The summed E-state index contributed by atoms with van der Waals surface area (Å²) in [5.74, 6) is -0.312. The van der Waals surface area contributed by atoms with Crippen LogP contribution in [0.25, 0.3) is 0 Å². The van der Waals surface area contributed by atoms with E-state index >= 15 is 0 Å². The van der Waals surface area contributed by atoms with Gasteiger partial charge < -0.3 is 4.90 Å². The predicted octanol–water partition coefficient (Wildman–Crippen LogP) is 1.47. The van der Waals surface area contributed by atoms with Gasteiger partial charge in [0.2, 0.25) is 15.9 Å². The molecule has 1 aliphatic heterocycles. The number of aryl methyl sites for hydroxylation is 1. The maximum Gasteiger partial charge on any atom is 0.242 e. The molecule has 0 aromatic heterocycles. The van der Waals surface area contributed by atoms with E-state index in [1.54, 1.807) is 11.9 Å². The smallest absolute Gasteiger partial charge is 0.242 e. The molecule has 1 amide bonds. The Morgan fingerprint density at radius 3 is 2.73 bits per heavy atom. The van der Waals surface area contributed by atoms with Crippen molar-refractivity contribution in [2.24, 2.45) is 0 Å².